The highest BCUT2D eigenvalue weighted by Gasteiger charge is 2.40. The second kappa shape index (κ2) is 8.48. The van der Waals surface area contributed by atoms with Crippen LogP contribution in [0.4, 0.5) is 24.7 Å². The van der Waals surface area contributed by atoms with Crippen LogP contribution >= 0.6 is 0 Å². The fourth-order valence-corrected chi connectivity index (χ4v) is 4.31. The molecule has 6 rings (SSSR count). The molecule has 37 heavy (non-hydrogen) atoms. The molecule has 2 aromatic heterocycles. The largest absolute Gasteiger partial charge is 0.346 e. The first-order valence-corrected chi connectivity index (χ1v) is 11.6. The van der Waals surface area contributed by atoms with Crippen LogP contribution in [0.15, 0.2) is 55.1 Å². The van der Waals surface area contributed by atoms with Crippen molar-refractivity contribution < 1.29 is 18.0 Å². The van der Waals surface area contributed by atoms with Crippen molar-refractivity contribution in [3.63, 3.8) is 0 Å². The minimum absolute atomic E-state index is 0.130. The van der Waals surface area contributed by atoms with Crippen LogP contribution in [0.25, 0.3) is 17.1 Å². The van der Waals surface area contributed by atoms with Gasteiger partial charge in [0.2, 0.25) is 0 Å². The van der Waals surface area contributed by atoms with Crippen molar-refractivity contribution in [2.45, 2.75) is 24.7 Å². The smallest absolute Gasteiger partial charge is 0.291 e. The fourth-order valence-electron chi connectivity index (χ4n) is 4.31. The number of fused-ring (bicyclic) bond motifs is 1. The summed E-state index contributed by atoms with van der Waals surface area (Å²) in [6, 6.07) is 9.11. The van der Waals surface area contributed by atoms with E-state index in [1.807, 2.05) is 16.8 Å². The number of alkyl halides is 2. The molecule has 1 fully saturated rings. The number of hydrogen-bond donors (Lipinski definition) is 2. The molecule has 1 saturated carbocycles. The van der Waals surface area contributed by atoms with Gasteiger partial charge in [0.25, 0.3) is 11.8 Å². The van der Waals surface area contributed by atoms with Crippen molar-refractivity contribution in [3.05, 3.63) is 83.3 Å². The third kappa shape index (κ3) is 4.18. The summed E-state index contributed by atoms with van der Waals surface area (Å²) in [5.74, 6) is -1.45. The normalized spacial score (nSPS) is 16.0. The van der Waals surface area contributed by atoms with Gasteiger partial charge in [-0.25, -0.2) is 19.3 Å². The number of carbonyl (C=O) groups is 1. The van der Waals surface area contributed by atoms with Crippen molar-refractivity contribution in [3.8, 4) is 29.4 Å². The molecule has 2 aliphatic rings. The zero-order chi connectivity index (χ0) is 25.7. The van der Waals surface area contributed by atoms with E-state index in [0.29, 0.717) is 17.0 Å². The predicted molar refractivity (Wildman–Crippen MR) is 130 cm³/mol. The molecule has 1 amide bonds. The van der Waals surface area contributed by atoms with Crippen molar-refractivity contribution in [2.75, 3.05) is 11.9 Å². The van der Waals surface area contributed by atoms with E-state index in [0.717, 1.165) is 36.5 Å². The summed E-state index contributed by atoms with van der Waals surface area (Å²) in [7, 11) is 0. The Balaban J connectivity index is 1.31. The molecule has 0 bridgehead atoms. The minimum Gasteiger partial charge on any atom is -0.346 e. The number of hydrogen-bond acceptors (Lipinski definition) is 5. The molecule has 3 heterocycles. The van der Waals surface area contributed by atoms with E-state index in [2.05, 4.69) is 31.5 Å². The number of amides is 1. The molecule has 2 N–H and O–H groups in total. The monoisotopic (exact) mass is 500 g/mol. The average molecular weight is 500 g/mol. The van der Waals surface area contributed by atoms with Crippen LogP contribution < -0.4 is 10.6 Å². The first-order valence-electron chi connectivity index (χ1n) is 11.6. The molecule has 10 heteroatoms. The molecular formula is C27H19F3N6O. The molecule has 0 unspecified atom stereocenters. The summed E-state index contributed by atoms with van der Waals surface area (Å²) >= 11 is 0. The lowest BCUT2D eigenvalue weighted by atomic mass is 9.96. The van der Waals surface area contributed by atoms with E-state index in [1.54, 1.807) is 18.5 Å². The number of terminal acetylenes is 1. The Bertz CT molecular complexity index is 1600. The van der Waals surface area contributed by atoms with E-state index >= 15 is 0 Å². The zero-order valence-electron chi connectivity index (χ0n) is 19.3. The third-order valence-electron chi connectivity index (χ3n) is 6.42. The van der Waals surface area contributed by atoms with Gasteiger partial charge < -0.3 is 15.2 Å². The lowest BCUT2D eigenvalue weighted by Crippen LogP contribution is -2.41. The van der Waals surface area contributed by atoms with E-state index < -0.39 is 29.8 Å². The molecule has 0 atom stereocenters. The Kier molecular flexibility index (Phi) is 5.22. The maximum absolute atomic E-state index is 14.6. The highest BCUT2D eigenvalue weighted by molar-refractivity contribution is 5.97. The maximum atomic E-state index is 14.6. The van der Waals surface area contributed by atoms with Crippen LogP contribution in [-0.4, -0.2) is 32.0 Å². The van der Waals surface area contributed by atoms with Crippen LogP contribution in [0, 0.1) is 18.2 Å². The third-order valence-corrected chi connectivity index (χ3v) is 6.42. The summed E-state index contributed by atoms with van der Waals surface area (Å²) in [5, 5.41) is 4.88. The van der Waals surface area contributed by atoms with Gasteiger partial charge in [0, 0.05) is 40.1 Å². The van der Waals surface area contributed by atoms with E-state index in [4.69, 9.17) is 6.42 Å². The lowest BCUT2D eigenvalue weighted by Gasteiger charge is -2.26. The topological polar surface area (TPSA) is 84.7 Å². The molecule has 184 valence electrons. The molecule has 0 spiro atoms. The Labute approximate surface area is 209 Å². The number of imidazole rings is 1. The van der Waals surface area contributed by atoms with Gasteiger partial charge in [-0.05, 0) is 49.2 Å². The maximum Gasteiger partial charge on any atom is 0.291 e. The number of nitrogens with zero attached hydrogens (tertiary/aromatic N) is 4. The van der Waals surface area contributed by atoms with Gasteiger partial charge in [0.15, 0.2) is 17.5 Å². The lowest BCUT2D eigenvalue weighted by molar-refractivity contribution is -0.00832. The van der Waals surface area contributed by atoms with Gasteiger partial charge in [-0.15, -0.1) is 6.42 Å². The summed E-state index contributed by atoms with van der Waals surface area (Å²) in [6.07, 6.45) is 12.7. The molecule has 2 aromatic carbocycles. The van der Waals surface area contributed by atoms with Crippen molar-refractivity contribution >= 4 is 17.4 Å². The molecule has 0 radical (unpaired) electrons. The van der Waals surface area contributed by atoms with Gasteiger partial charge in [-0.3, -0.25) is 4.79 Å². The fraction of sp³-hybridized carbons (Fsp3) is 0.185. The van der Waals surface area contributed by atoms with E-state index in [-0.39, 0.29) is 22.9 Å². The number of benzene rings is 2. The van der Waals surface area contributed by atoms with Crippen molar-refractivity contribution in [1.82, 2.24) is 24.8 Å². The van der Waals surface area contributed by atoms with E-state index in [1.165, 1.54) is 12.1 Å². The first-order chi connectivity index (χ1) is 17.8. The van der Waals surface area contributed by atoms with Crippen LogP contribution in [0.5, 0.6) is 0 Å². The predicted octanol–water partition coefficient (Wildman–Crippen LogP) is 4.91. The van der Waals surface area contributed by atoms with Crippen molar-refractivity contribution in [1.29, 1.82) is 0 Å². The highest BCUT2D eigenvalue weighted by atomic mass is 19.3. The average Bonchev–Trinajstić information content (AvgIpc) is 3.64. The van der Waals surface area contributed by atoms with Crippen LogP contribution in [0.3, 0.4) is 0 Å². The second-order valence-electron chi connectivity index (χ2n) is 9.02. The van der Waals surface area contributed by atoms with Gasteiger partial charge in [-0.2, -0.15) is 8.78 Å². The Morgan fingerprint density at radius 2 is 2.00 bits per heavy atom. The standard InChI is InChI=1S/C27H19F3N6O/c1-2-15-9-17(5-8-23(15)36-12-22(33-14-36)16-3-4-16)24-31-11-21(28)25(35-24)34-18-6-7-19-20(10-18)27(29,30)13-32-26(19)37/h1,5-12,14,16H,3-4,13H2,(H,32,37)(H,31,34,35). The van der Waals surface area contributed by atoms with Crippen molar-refractivity contribution in [2.24, 2.45) is 0 Å². The van der Waals surface area contributed by atoms with Gasteiger partial charge in [-0.1, -0.05) is 5.92 Å². The molecular weight excluding hydrogens is 481 g/mol. The Morgan fingerprint density at radius 1 is 1.16 bits per heavy atom. The summed E-state index contributed by atoms with van der Waals surface area (Å²) < 4.78 is 45.2. The zero-order valence-corrected chi connectivity index (χ0v) is 19.3. The minimum atomic E-state index is -3.25. The van der Waals surface area contributed by atoms with Crippen LogP contribution in [-0.2, 0) is 5.92 Å². The van der Waals surface area contributed by atoms with Gasteiger partial charge in [0.05, 0.1) is 30.5 Å². The molecule has 1 aliphatic heterocycles. The summed E-state index contributed by atoms with van der Waals surface area (Å²) in [5.41, 5.74) is 2.52. The summed E-state index contributed by atoms with van der Waals surface area (Å²) in [4.78, 5) is 24.7. The SMILES string of the molecule is C#Cc1cc(-c2ncc(F)c(Nc3ccc4c(c3)C(F)(F)CNC4=O)n2)ccc1-n1cnc(C2CC2)c1. The van der Waals surface area contributed by atoms with Gasteiger partial charge >= 0.3 is 0 Å². The van der Waals surface area contributed by atoms with Gasteiger partial charge in [0.1, 0.15) is 0 Å². The van der Waals surface area contributed by atoms with Crippen LogP contribution in [0.2, 0.25) is 0 Å². The first kappa shape index (κ1) is 22.8. The highest BCUT2D eigenvalue weighted by Crippen LogP contribution is 2.39. The molecule has 4 aromatic rings. The van der Waals surface area contributed by atoms with E-state index in [9.17, 15) is 18.0 Å². The molecule has 1 aliphatic carbocycles. The number of halogens is 3. The molecule has 7 nitrogen and oxygen atoms in total. The number of rotatable bonds is 5. The Morgan fingerprint density at radius 3 is 2.78 bits per heavy atom. The quantitative estimate of drug-likeness (QED) is 0.381. The summed E-state index contributed by atoms with van der Waals surface area (Å²) in [6.45, 7) is -0.803. The molecule has 0 saturated heterocycles. The Hall–Kier alpha value is -4.65. The number of carbonyl (C=O) groups excluding carboxylic acids is 1. The number of nitrogens with one attached hydrogen (secondary N) is 2. The second-order valence-corrected chi connectivity index (χ2v) is 9.02. The number of anilines is 2. The van der Waals surface area contributed by atoms with Crippen LogP contribution in [0.1, 0.15) is 45.9 Å². The number of aromatic nitrogens is 4.